The number of benzene rings is 2. The van der Waals surface area contributed by atoms with Crippen LogP contribution in [0.15, 0.2) is 48.5 Å². The van der Waals surface area contributed by atoms with E-state index >= 15 is 0 Å². The second-order valence-corrected chi connectivity index (χ2v) is 7.48. The zero-order valence-electron chi connectivity index (χ0n) is 17.0. The Hall–Kier alpha value is -3.36. The van der Waals surface area contributed by atoms with E-state index in [1.54, 1.807) is 55.3 Å². The number of hydrogen-bond acceptors (Lipinski definition) is 5. The maximum Gasteiger partial charge on any atom is 0.251 e. The van der Waals surface area contributed by atoms with Gasteiger partial charge in [0.15, 0.2) is 0 Å². The number of nitrogens with zero attached hydrogens (tertiary/aromatic N) is 2. The molecule has 2 aromatic carbocycles. The standard InChI is InChI=1S/C22H21ClN4O4/c1-30-12-17-20(13-3-5-14(23)6-4-13)21-25-22(29)18(27(21)26-17)11-19(28)24-15-7-9-16(31-2)10-8-15/h3-10,18H,11-12H2,1-2H3,(H,24,28)(H,25,29). The summed E-state index contributed by atoms with van der Waals surface area (Å²) in [6.07, 6.45) is -0.0565. The highest BCUT2D eigenvalue weighted by atomic mass is 35.5. The molecule has 4 rings (SSSR count). The molecule has 1 atom stereocenters. The summed E-state index contributed by atoms with van der Waals surface area (Å²) in [6, 6.07) is 13.5. The Bertz CT molecular complexity index is 1110. The van der Waals surface area contributed by atoms with Gasteiger partial charge in [0.2, 0.25) is 5.91 Å². The van der Waals surface area contributed by atoms with Crippen LogP contribution >= 0.6 is 11.6 Å². The molecular formula is C22H21ClN4O4. The molecule has 3 aromatic rings. The number of aromatic nitrogens is 2. The minimum Gasteiger partial charge on any atom is -0.497 e. The minimum atomic E-state index is -0.759. The number of ether oxygens (including phenoxy) is 2. The molecule has 0 spiro atoms. The van der Waals surface area contributed by atoms with E-state index in [9.17, 15) is 9.59 Å². The molecule has 1 unspecified atom stereocenters. The Kier molecular flexibility index (Phi) is 5.92. The Morgan fingerprint density at radius 2 is 1.87 bits per heavy atom. The molecule has 2 heterocycles. The number of fused-ring (bicyclic) bond motifs is 1. The van der Waals surface area contributed by atoms with Gasteiger partial charge < -0.3 is 20.1 Å². The van der Waals surface area contributed by atoms with Gasteiger partial charge in [-0.3, -0.25) is 9.59 Å². The number of halogens is 1. The second-order valence-electron chi connectivity index (χ2n) is 7.04. The van der Waals surface area contributed by atoms with Crippen LogP contribution in [0.25, 0.3) is 11.1 Å². The number of hydrogen-bond donors (Lipinski definition) is 2. The summed E-state index contributed by atoms with van der Waals surface area (Å²) in [5.41, 5.74) is 2.89. The Morgan fingerprint density at radius 3 is 2.52 bits per heavy atom. The molecule has 1 aliphatic rings. The van der Waals surface area contributed by atoms with Crippen molar-refractivity contribution in [3.8, 4) is 16.9 Å². The van der Waals surface area contributed by atoms with Gasteiger partial charge in [-0.05, 0) is 42.0 Å². The highest BCUT2D eigenvalue weighted by molar-refractivity contribution is 6.30. The zero-order valence-corrected chi connectivity index (χ0v) is 17.8. The maximum atomic E-state index is 12.6. The molecule has 0 fully saturated rings. The van der Waals surface area contributed by atoms with E-state index in [1.165, 1.54) is 0 Å². The van der Waals surface area contributed by atoms with E-state index in [-0.39, 0.29) is 24.8 Å². The average Bonchev–Trinajstić information content (AvgIpc) is 3.25. The van der Waals surface area contributed by atoms with Crippen molar-refractivity contribution >= 4 is 34.9 Å². The van der Waals surface area contributed by atoms with Crippen molar-refractivity contribution < 1.29 is 19.1 Å². The van der Waals surface area contributed by atoms with E-state index in [0.29, 0.717) is 28.0 Å². The van der Waals surface area contributed by atoms with E-state index in [0.717, 1.165) is 11.1 Å². The topological polar surface area (TPSA) is 94.5 Å². The second kappa shape index (κ2) is 8.79. The van der Waals surface area contributed by atoms with Crippen LogP contribution in [-0.2, 0) is 20.9 Å². The minimum absolute atomic E-state index is 0.0565. The van der Waals surface area contributed by atoms with Gasteiger partial charge in [-0.15, -0.1) is 0 Å². The molecule has 0 aliphatic carbocycles. The molecule has 1 aromatic heterocycles. The Balaban J connectivity index is 1.59. The van der Waals surface area contributed by atoms with Gasteiger partial charge >= 0.3 is 0 Å². The van der Waals surface area contributed by atoms with Crippen LogP contribution in [0.5, 0.6) is 5.75 Å². The molecule has 0 saturated carbocycles. The molecule has 1 aliphatic heterocycles. The molecule has 2 amide bonds. The van der Waals surface area contributed by atoms with Gasteiger partial charge in [0.25, 0.3) is 5.91 Å². The van der Waals surface area contributed by atoms with Crippen molar-refractivity contribution in [2.75, 3.05) is 24.9 Å². The quantitative estimate of drug-likeness (QED) is 0.581. The first kappa shape index (κ1) is 20.9. The molecule has 160 valence electrons. The van der Waals surface area contributed by atoms with Crippen molar-refractivity contribution in [1.82, 2.24) is 9.78 Å². The third-order valence-electron chi connectivity index (χ3n) is 4.99. The Labute approximate surface area is 184 Å². The third-order valence-corrected chi connectivity index (χ3v) is 5.24. The summed E-state index contributed by atoms with van der Waals surface area (Å²) >= 11 is 6.01. The largest absolute Gasteiger partial charge is 0.497 e. The number of amides is 2. The highest BCUT2D eigenvalue weighted by Crippen LogP contribution is 2.39. The molecule has 8 nitrogen and oxygen atoms in total. The van der Waals surface area contributed by atoms with Crippen molar-refractivity contribution in [1.29, 1.82) is 0 Å². The molecule has 31 heavy (non-hydrogen) atoms. The van der Waals surface area contributed by atoms with Crippen LogP contribution in [0.3, 0.4) is 0 Å². The summed E-state index contributed by atoms with van der Waals surface area (Å²) in [6.45, 7) is 0.262. The molecule has 9 heteroatoms. The van der Waals surface area contributed by atoms with Gasteiger partial charge in [-0.25, -0.2) is 4.68 Å². The molecule has 0 saturated heterocycles. The van der Waals surface area contributed by atoms with Gasteiger partial charge in [0, 0.05) is 23.4 Å². The lowest BCUT2D eigenvalue weighted by molar-refractivity contribution is -0.123. The van der Waals surface area contributed by atoms with Gasteiger partial charge in [0.1, 0.15) is 17.6 Å². The highest BCUT2D eigenvalue weighted by Gasteiger charge is 2.37. The SMILES string of the molecule is COCc1nn2c(c1-c1ccc(Cl)cc1)NC(=O)C2CC(=O)Nc1ccc(OC)cc1. The normalized spacial score (nSPS) is 14.8. The molecule has 2 N–H and O–H groups in total. The number of carbonyl (C=O) groups is 2. The summed E-state index contributed by atoms with van der Waals surface area (Å²) in [4.78, 5) is 25.3. The summed E-state index contributed by atoms with van der Waals surface area (Å²) in [5.74, 6) is 0.651. The fraction of sp³-hybridized carbons (Fsp3) is 0.227. The maximum absolute atomic E-state index is 12.6. The molecule has 0 bridgehead atoms. The predicted molar refractivity (Wildman–Crippen MR) is 117 cm³/mol. The lowest BCUT2D eigenvalue weighted by Crippen LogP contribution is -2.24. The van der Waals surface area contributed by atoms with Crippen molar-refractivity contribution in [3.05, 3.63) is 59.2 Å². The van der Waals surface area contributed by atoms with Crippen molar-refractivity contribution in [2.45, 2.75) is 19.1 Å². The monoisotopic (exact) mass is 440 g/mol. The first-order valence-electron chi connectivity index (χ1n) is 9.61. The first-order chi connectivity index (χ1) is 15.0. The smallest absolute Gasteiger partial charge is 0.251 e. The summed E-state index contributed by atoms with van der Waals surface area (Å²) in [7, 11) is 3.15. The summed E-state index contributed by atoms with van der Waals surface area (Å²) < 4.78 is 12.0. The lowest BCUT2D eigenvalue weighted by Gasteiger charge is -2.10. The average molecular weight is 441 g/mol. The van der Waals surface area contributed by atoms with Gasteiger partial charge in [-0.2, -0.15) is 5.10 Å². The van der Waals surface area contributed by atoms with Crippen molar-refractivity contribution in [2.24, 2.45) is 0 Å². The van der Waals surface area contributed by atoms with Crippen molar-refractivity contribution in [3.63, 3.8) is 0 Å². The molecular weight excluding hydrogens is 420 g/mol. The van der Waals surface area contributed by atoms with Crippen LogP contribution in [-0.4, -0.2) is 35.8 Å². The first-order valence-corrected chi connectivity index (χ1v) is 9.99. The number of methoxy groups -OCH3 is 2. The Morgan fingerprint density at radius 1 is 1.16 bits per heavy atom. The third kappa shape index (κ3) is 4.26. The number of rotatable bonds is 7. The number of anilines is 2. The van der Waals surface area contributed by atoms with E-state index < -0.39 is 6.04 Å². The van der Waals surface area contributed by atoms with Crippen LogP contribution in [0.1, 0.15) is 18.2 Å². The fourth-order valence-electron chi connectivity index (χ4n) is 3.54. The summed E-state index contributed by atoms with van der Waals surface area (Å²) in [5, 5.41) is 10.9. The predicted octanol–water partition coefficient (Wildman–Crippen LogP) is 3.88. The van der Waals surface area contributed by atoms with E-state index in [1.807, 2.05) is 12.1 Å². The van der Waals surface area contributed by atoms with Crippen LogP contribution in [0.4, 0.5) is 11.5 Å². The van der Waals surface area contributed by atoms with E-state index in [2.05, 4.69) is 15.7 Å². The van der Waals surface area contributed by atoms with Gasteiger partial charge in [0.05, 0.1) is 25.8 Å². The fourth-order valence-corrected chi connectivity index (χ4v) is 3.66. The molecule has 0 radical (unpaired) electrons. The van der Waals surface area contributed by atoms with Crippen LogP contribution < -0.4 is 15.4 Å². The number of carbonyl (C=O) groups excluding carboxylic acids is 2. The zero-order chi connectivity index (χ0) is 22.0. The van der Waals surface area contributed by atoms with Crippen LogP contribution in [0, 0.1) is 0 Å². The lowest BCUT2D eigenvalue weighted by atomic mass is 10.1. The van der Waals surface area contributed by atoms with E-state index in [4.69, 9.17) is 21.1 Å². The van der Waals surface area contributed by atoms with Gasteiger partial charge in [-0.1, -0.05) is 23.7 Å². The number of nitrogens with one attached hydrogen (secondary N) is 2. The van der Waals surface area contributed by atoms with Crippen LogP contribution in [0.2, 0.25) is 5.02 Å².